The monoisotopic (exact) mass is 377 g/mol. The van der Waals surface area contributed by atoms with Crippen molar-refractivity contribution in [2.24, 2.45) is 0 Å². The number of rotatable bonds is 4. The Hall–Kier alpha value is -3.15. The summed E-state index contributed by atoms with van der Waals surface area (Å²) in [7, 11) is 0. The molecule has 0 aromatic heterocycles. The molecule has 1 aliphatic carbocycles. The molecule has 6 heteroatoms. The predicted octanol–water partition coefficient (Wildman–Crippen LogP) is 2.89. The Bertz CT molecular complexity index is 967. The Labute approximate surface area is 163 Å². The predicted molar refractivity (Wildman–Crippen MR) is 106 cm³/mol. The van der Waals surface area contributed by atoms with Crippen molar-refractivity contribution in [3.05, 3.63) is 64.7 Å². The fourth-order valence-electron chi connectivity index (χ4n) is 3.92. The van der Waals surface area contributed by atoms with Crippen molar-refractivity contribution in [3.8, 4) is 0 Å². The highest BCUT2D eigenvalue weighted by Crippen LogP contribution is 2.29. The van der Waals surface area contributed by atoms with Crippen LogP contribution in [0.2, 0.25) is 0 Å². The van der Waals surface area contributed by atoms with Crippen LogP contribution in [0.3, 0.4) is 0 Å². The number of imide groups is 1. The lowest BCUT2D eigenvalue weighted by Crippen LogP contribution is -2.42. The molecule has 1 unspecified atom stereocenters. The molecule has 2 aliphatic rings. The molecule has 1 fully saturated rings. The second-order valence-electron chi connectivity index (χ2n) is 7.70. The van der Waals surface area contributed by atoms with Crippen molar-refractivity contribution in [2.45, 2.75) is 38.6 Å². The number of benzene rings is 2. The highest BCUT2D eigenvalue weighted by molar-refractivity contribution is 6.10. The zero-order chi connectivity index (χ0) is 19.9. The van der Waals surface area contributed by atoms with E-state index in [1.165, 1.54) is 11.1 Å². The first kappa shape index (κ1) is 18.2. The molecule has 6 nitrogen and oxygen atoms in total. The van der Waals surface area contributed by atoms with E-state index in [0.29, 0.717) is 11.3 Å². The van der Waals surface area contributed by atoms with Gasteiger partial charge < -0.3 is 10.6 Å². The summed E-state index contributed by atoms with van der Waals surface area (Å²) in [5, 5.41) is 5.53. The van der Waals surface area contributed by atoms with Crippen molar-refractivity contribution in [2.75, 3.05) is 11.9 Å². The van der Waals surface area contributed by atoms with Crippen LogP contribution in [0.5, 0.6) is 0 Å². The van der Waals surface area contributed by atoms with Gasteiger partial charge >= 0.3 is 6.03 Å². The summed E-state index contributed by atoms with van der Waals surface area (Å²) >= 11 is 0. The van der Waals surface area contributed by atoms with Crippen LogP contribution in [0, 0.1) is 6.92 Å². The lowest BCUT2D eigenvalue weighted by atomic mass is 9.91. The topological polar surface area (TPSA) is 78.5 Å². The average molecular weight is 377 g/mol. The number of aryl methyl sites for hydroxylation is 3. The molecule has 1 atom stereocenters. The van der Waals surface area contributed by atoms with Crippen LogP contribution < -0.4 is 10.6 Å². The van der Waals surface area contributed by atoms with E-state index in [1.807, 2.05) is 49.4 Å². The quantitative estimate of drug-likeness (QED) is 0.804. The number of hydrogen-bond donors (Lipinski definition) is 2. The zero-order valence-electron chi connectivity index (χ0n) is 16.0. The Morgan fingerprint density at radius 1 is 1.11 bits per heavy atom. The molecule has 1 saturated heterocycles. The Morgan fingerprint density at radius 3 is 2.57 bits per heavy atom. The summed E-state index contributed by atoms with van der Waals surface area (Å²) in [6.45, 7) is 3.30. The van der Waals surface area contributed by atoms with Crippen molar-refractivity contribution >= 4 is 23.5 Å². The molecule has 0 bridgehead atoms. The third kappa shape index (κ3) is 3.15. The van der Waals surface area contributed by atoms with Gasteiger partial charge in [0.2, 0.25) is 5.91 Å². The van der Waals surface area contributed by atoms with Crippen molar-refractivity contribution < 1.29 is 14.4 Å². The van der Waals surface area contributed by atoms with Crippen LogP contribution in [-0.4, -0.2) is 29.3 Å². The van der Waals surface area contributed by atoms with Gasteiger partial charge in [0, 0.05) is 5.69 Å². The SMILES string of the molecule is Cc1ccc(C2(C)NC(=O)N(CC(=O)Nc3ccc4c(c3)CCC4)C2=O)cc1. The zero-order valence-corrected chi connectivity index (χ0v) is 16.0. The summed E-state index contributed by atoms with van der Waals surface area (Å²) in [6.07, 6.45) is 3.22. The smallest absolute Gasteiger partial charge is 0.325 e. The lowest BCUT2D eigenvalue weighted by Gasteiger charge is -2.22. The molecule has 2 aromatic rings. The number of hydrogen-bond acceptors (Lipinski definition) is 3. The largest absolute Gasteiger partial charge is 0.325 e. The van der Waals surface area contributed by atoms with E-state index in [2.05, 4.69) is 10.6 Å². The molecule has 1 aliphatic heterocycles. The first-order chi connectivity index (χ1) is 13.4. The van der Waals surface area contributed by atoms with Gasteiger partial charge in [0.15, 0.2) is 0 Å². The van der Waals surface area contributed by atoms with Crippen LogP contribution in [0.25, 0.3) is 0 Å². The van der Waals surface area contributed by atoms with Gasteiger partial charge in [-0.05, 0) is 61.9 Å². The highest BCUT2D eigenvalue weighted by atomic mass is 16.2. The van der Waals surface area contributed by atoms with E-state index in [0.717, 1.165) is 29.7 Å². The van der Waals surface area contributed by atoms with E-state index in [-0.39, 0.29) is 6.54 Å². The minimum atomic E-state index is -1.17. The number of anilines is 1. The molecule has 144 valence electrons. The number of carbonyl (C=O) groups is 3. The average Bonchev–Trinajstić information content (AvgIpc) is 3.21. The van der Waals surface area contributed by atoms with Crippen LogP contribution in [0.4, 0.5) is 10.5 Å². The molecule has 4 rings (SSSR count). The second-order valence-corrected chi connectivity index (χ2v) is 7.70. The Balaban J connectivity index is 1.47. The number of amides is 4. The minimum Gasteiger partial charge on any atom is -0.325 e. The number of fused-ring (bicyclic) bond motifs is 1. The molecule has 28 heavy (non-hydrogen) atoms. The normalized spacial score (nSPS) is 20.9. The van der Waals surface area contributed by atoms with Crippen LogP contribution in [-0.2, 0) is 28.0 Å². The Morgan fingerprint density at radius 2 is 1.82 bits per heavy atom. The molecule has 2 N–H and O–H groups in total. The number of carbonyl (C=O) groups excluding carboxylic acids is 3. The van der Waals surface area contributed by atoms with Gasteiger partial charge in [-0.3, -0.25) is 14.5 Å². The van der Waals surface area contributed by atoms with E-state index >= 15 is 0 Å². The first-order valence-electron chi connectivity index (χ1n) is 9.50. The summed E-state index contributed by atoms with van der Waals surface area (Å²) in [5.74, 6) is -0.819. The van der Waals surface area contributed by atoms with Gasteiger partial charge in [-0.15, -0.1) is 0 Å². The number of nitrogens with one attached hydrogen (secondary N) is 2. The first-order valence-corrected chi connectivity index (χ1v) is 9.50. The molecule has 0 saturated carbocycles. The maximum Gasteiger partial charge on any atom is 0.325 e. The van der Waals surface area contributed by atoms with Gasteiger partial charge in [0.05, 0.1) is 0 Å². The standard InChI is InChI=1S/C22H23N3O3/c1-14-6-9-17(10-7-14)22(2)20(27)25(21(28)24-22)13-19(26)23-18-11-8-15-4-3-5-16(15)12-18/h6-12H,3-5,13H2,1-2H3,(H,23,26)(H,24,28). The van der Waals surface area contributed by atoms with E-state index in [4.69, 9.17) is 0 Å². The molecule has 2 aromatic carbocycles. The van der Waals surface area contributed by atoms with Crippen molar-refractivity contribution in [3.63, 3.8) is 0 Å². The molecule has 1 heterocycles. The van der Waals surface area contributed by atoms with Crippen LogP contribution in [0.1, 0.15) is 35.6 Å². The number of nitrogens with zero attached hydrogens (tertiary/aromatic N) is 1. The molecular formula is C22H23N3O3. The van der Waals surface area contributed by atoms with E-state index < -0.39 is 23.4 Å². The Kier molecular flexibility index (Phi) is 4.41. The van der Waals surface area contributed by atoms with Crippen LogP contribution >= 0.6 is 0 Å². The maximum absolute atomic E-state index is 12.9. The summed E-state index contributed by atoms with van der Waals surface area (Å²) in [6, 6.07) is 12.7. The van der Waals surface area contributed by atoms with Gasteiger partial charge in [-0.1, -0.05) is 35.9 Å². The third-order valence-corrected chi connectivity index (χ3v) is 5.59. The van der Waals surface area contributed by atoms with Crippen LogP contribution in [0.15, 0.2) is 42.5 Å². The minimum absolute atomic E-state index is 0.316. The summed E-state index contributed by atoms with van der Waals surface area (Å²) in [5.41, 5.74) is 3.85. The summed E-state index contributed by atoms with van der Waals surface area (Å²) < 4.78 is 0. The fraction of sp³-hybridized carbons (Fsp3) is 0.318. The van der Waals surface area contributed by atoms with Gasteiger partial charge in [0.25, 0.3) is 5.91 Å². The molecule has 0 spiro atoms. The highest BCUT2D eigenvalue weighted by Gasteiger charge is 2.49. The van der Waals surface area contributed by atoms with Gasteiger partial charge in [-0.25, -0.2) is 4.79 Å². The van der Waals surface area contributed by atoms with E-state index in [9.17, 15) is 14.4 Å². The lowest BCUT2D eigenvalue weighted by molar-refractivity contribution is -0.133. The van der Waals surface area contributed by atoms with Gasteiger partial charge in [0.1, 0.15) is 12.1 Å². The molecule has 0 radical (unpaired) electrons. The number of urea groups is 1. The second kappa shape index (κ2) is 6.78. The van der Waals surface area contributed by atoms with E-state index in [1.54, 1.807) is 6.92 Å². The van der Waals surface area contributed by atoms with Gasteiger partial charge in [-0.2, -0.15) is 0 Å². The van der Waals surface area contributed by atoms with Crippen molar-refractivity contribution in [1.29, 1.82) is 0 Å². The maximum atomic E-state index is 12.9. The third-order valence-electron chi connectivity index (χ3n) is 5.59. The molecular weight excluding hydrogens is 354 g/mol. The fourth-order valence-corrected chi connectivity index (χ4v) is 3.92. The summed E-state index contributed by atoms with van der Waals surface area (Å²) in [4.78, 5) is 38.8. The van der Waals surface area contributed by atoms with Crippen molar-refractivity contribution in [1.82, 2.24) is 10.2 Å². The molecule has 4 amide bonds.